The predicted molar refractivity (Wildman–Crippen MR) is 73.9 cm³/mol. The van der Waals surface area contributed by atoms with E-state index in [2.05, 4.69) is 19.2 Å². The van der Waals surface area contributed by atoms with Crippen LogP contribution in [0.3, 0.4) is 0 Å². The normalized spacial score (nSPS) is 14.4. The van der Waals surface area contributed by atoms with Crippen LogP contribution in [0, 0.1) is 5.92 Å². The number of carbonyl (C=O) groups is 1. The Kier molecular flexibility index (Phi) is 11.3. The molecule has 0 aliphatic heterocycles. The molecular weight excluding hydrogens is 230 g/mol. The summed E-state index contributed by atoms with van der Waals surface area (Å²) < 4.78 is 10.7. The third-order valence-corrected chi connectivity index (χ3v) is 3.13. The van der Waals surface area contributed by atoms with Gasteiger partial charge < -0.3 is 14.8 Å². The van der Waals surface area contributed by atoms with E-state index in [9.17, 15) is 4.79 Å². The van der Waals surface area contributed by atoms with E-state index in [0.717, 1.165) is 19.4 Å². The third kappa shape index (κ3) is 9.57. The number of ether oxygens (including phenoxy) is 2. The van der Waals surface area contributed by atoms with Crippen LogP contribution in [0.5, 0.6) is 0 Å². The molecule has 0 aliphatic rings. The highest BCUT2D eigenvalue weighted by atomic mass is 16.5. The van der Waals surface area contributed by atoms with Gasteiger partial charge in [0.05, 0.1) is 19.8 Å². The smallest absolute Gasteiger partial charge is 0.161 e. The Morgan fingerprint density at radius 1 is 1.06 bits per heavy atom. The summed E-state index contributed by atoms with van der Waals surface area (Å²) in [5.41, 5.74) is 0. The van der Waals surface area contributed by atoms with Crippen LogP contribution in [0.15, 0.2) is 0 Å². The number of ketones is 1. The van der Waals surface area contributed by atoms with Crippen molar-refractivity contribution in [2.45, 2.75) is 46.6 Å². The Morgan fingerprint density at radius 3 is 2.33 bits per heavy atom. The average molecular weight is 259 g/mol. The number of carbonyl (C=O) groups excluding carboxylic acids is 1. The molecule has 0 fully saturated rings. The van der Waals surface area contributed by atoms with Crippen molar-refractivity contribution in [1.29, 1.82) is 0 Å². The van der Waals surface area contributed by atoms with Gasteiger partial charge in [-0.05, 0) is 19.8 Å². The second-order valence-electron chi connectivity index (χ2n) is 4.70. The Morgan fingerprint density at radius 2 is 1.72 bits per heavy atom. The van der Waals surface area contributed by atoms with E-state index in [0.29, 0.717) is 25.9 Å². The molecule has 0 saturated carbocycles. The van der Waals surface area contributed by atoms with Gasteiger partial charge in [-0.2, -0.15) is 0 Å². The Hall–Kier alpha value is -0.450. The van der Waals surface area contributed by atoms with Crippen molar-refractivity contribution in [3.8, 4) is 0 Å². The second-order valence-corrected chi connectivity index (χ2v) is 4.70. The third-order valence-electron chi connectivity index (χ3n) is 3.13. The van der Waals surface area contributed by atoms with E-state index in [1.807, 2.05) is 13.8 Å². The first-order chi connectivity index (χ1) is 8.61. The van der Waals surface area contributed by atoms with Gasteiger partial charge in [0.15, 0.2) is 5.78 Å². The van der Waals surface area contributed by atoms with Crippen molar-refractivity contribution in [3.05, 3.63) is 0 Å². The summed E-state index contributed by atoms with van der Waals surface area (Å²) >= 11 is 0. The fourth-order valence-corrected chi connectivity index (χ4v) is 1.28. The molecule has 0 amide bonds. The van der Waals surface area contributed by atoms with Crippen LogP contribution < -0.4 is 5.32 Å². The molecule has 0 aromatic heterocycles. The summed E-state index contributed by atoms with van der Waals surface area (Å²) in [5.74, 6) is 0.279. The molecule has 18 heavy (non-hydrogen) atoms. The molecular formula is C14H29NO3. The fraction of sp³-hybridized carbons (Fsp3) is 0.929. The maximum absolute atomic E-state index is 11.4. The van der Waals surface area contributed by atoms with Crippen molar-refractivity contribution in [3.63, 3.8) is 0 Å². The Labute approximate surface area is 111 Å². The fourth-order valence-electron chi connectivity index (χ4n) is 1.28. The zero-order chi connectivity index (χ0) is 13.8. The van der Waals surface area contributed by atoms with Crippen molar-refractivity contribution in [2.24, 2.45) is 5.92 Å². The highest BCUT2D eigenvalue weighted by molar-refractivity contribution is 5.81. The van der Waals surface area contributed by atoms with Gasteiger partial charge in [0, 0.05) is 18.5 Å². The van der Waals surface area contributed by atoms with E-state index in [1.54, 1.807) is 0 Å². The molecule has 4 heteroatoms. The summed E-state index contributed by atoms with van der Waals surface area (Å²) in [4.78, 5) is 11.4. The van der Waals surface area contributed by atoms with Gasteiger partial charge in [0.1, 0.15) is 6.61 Å². The van der Waals surface area contributed by atoms with Gasteiger partial charge >= 0.3 is 0 Å². The number of rotatable bonds is 12. The average Bonchev–Trinajstić information content (AvgIpc) is 2.39. The molecule has 1 N–H and O–H groups in total. The van der Waals surface area contributed by atoms with Gasteiger partial charge in [0.25, 0.3) is 0 Å². The number of hydrogen-bond donors (Lipinski definition) is 1. The standard InChI is InChI=1S/C14H29NO3/c1-5-12(3)14(16)11-18-10-9-17-8-7-15-13(4)6-2/h12-13,15H,5-11H2,1-4H3/t12?,13-/m1/s1. The molecule has 0 aliphatic carbocycles. The maximum Gasteiger partial charge on any atom is 0.161 e. The predicted octanol–water partition coefficient (Wildman–Crippen LogP) is 2.02. The SMILES string of the molecule is CCC(C)C(=O)COCCOCCN[C@H](C)CC. The first-order valence-electron chi connectivity index (χ1n) is 7.03. The van der Waals surface area contributed by atoms with E-state index < -0.39 is 0 Å². The molecule has 2 atom stereocenters. The highest BCUT2D eigenvalue weighted by Crippen LogP contribution is 2.01. The molecule has 108 valence electrons. The number of Topliss-reactive ketones (excluding diaryl/α,β-unsaturated/α-hetero) is 1. The van der Waals surface area contributed by atoms with Crippen LogP contribution in [0.25, 0.3) is 0 Å². The Bertz CT molecular complexity index is 209. The van der Waals surface area contributed by atoms with Crippen LogP contribution in [-0.4, -0.2) is 44.8 Å². The maximum atomic E-state index is 11.4. The van der Waals surface area contributed by atoms with Gasteiger partial charge in [-0.3, -0.25) is 4.79 Å². The van der Waals surface area contributed by atoms with Crippen LogP contribution in [0.1, 0.15) is 40.5 Å². The summed E-state index contributed by atoms with van der Waals surface area (Å²) in [6, 6.07) is 0.540. The van der Waals surface area contributed by atoms with E-state index >= 15 is 0 Å². The lowest BCUT2D eigenvalue weighted by Crippen LogP contribution is -2.29. The topological polar surface area (TPSA) is 47.6 Å². The molecule has 0 saturated heterocycles. The lowest BCUT2D eigenvalue weighted by Gasteiger charge is -2.11. The van der Waals surface area contributed by atoms with Crippen molar-refractivity contribution >= 4 is 5.78 Å². The van der Waals surface area contributed by atoms with Crippen molar-refractivity contribution in [2.75, 3.05) is 33.0 Å². The second kappa shape index (κ2) is 11.6. The van der Waals surface area contributed by atoms with Gasteiger partial charge in [0.2, 0.25) is 0 Å². The van der Waals surface area contributed by atoms with Crippen LogP contribution in [-0.2, 0) is 14.3 Å². The number of hydrogen-bond acceptors (Lipinski definition) is 4. The minimum absolute atomic E-state index is 0.102. The minimum atomic E-state index is 0.102. The monoisotopic (exact) mass is 259 g/mol. The largest absolute Gasteiger partial charge is 0.378 e. The van der Waals surface area contributed by atoms with Gasteiger partial charge in [-0.15, -0.1) is 0 Å². The Balaban J connectivity index is 3.24. The van der Waals surface area contributed by atoms with Crippen LogP contribution >= 0.6 is 0 Å². The first-order valence-corrected chi connectivity index (χ1v) is 7.03. The molecule has 0 rings (SSSR count). The van der Waals surface area contributed by atoms with Crippen molar-refractivity contribution in [1.82, 2.24) is 5.32 Å². The molecule has 0 bridgehead atoms. The summed E-state index contributed by atoms with van der Waals surface area (Å²) in [7, 11) is 0. The highest BCUT2D eigenvalue weighted by Gasteiger charge is 2.09. The summed E-state index contributed by atoms with van der Waals surface area (Å²) in [6.45, 7) is 11.1. The van der Waals surface area contributed by atoms with Crippen LogP contribution in [0.2, 0.25) is 0 Å². The van der Waals surface area contributed by atoms with Gasteiger partial charge in [-0.25, -0.2) is 0 Å². The number of nitrogens with one attached hydrogen (secondary N) is 1. The lowest BCUT2D eigenvalue weighted by atomic mass is 10.1. The minimum Gasteiger partial charge on any atom is -0.378 e. The van der Waals surface area contributed by atoms with Crippen LogP contribution in [0.4, 0.5) is 0 Å². The van der Waals surface area contributed by atoms with E-state index in [-0.39, 0.29) is 18.3 Å². The zero-order valence-corrected chi connectivity index (χ0v) is 12.3. The summed E-state index contributed by atoms with van der Waals surface area (Å²) in [6.07, 6.45) is 2.00. The molecule has 0 spiro atoms. The zero-order valence-electron chi connectivity index (χ0n) is 12.3. The van der Waals surface area contributed by atoms with E-state index in [4.69, 9.17) is 9.47 Å². The van der Waals surface area contributed by atoms with Crippen molar-refractivity contribution < 1.29 is 14.3 Å². The first kappa shape index (κ1) is 17.6. The summed E-state index contributed by atoms with van der Waals surface area (Å²) in [5, 5.41) is 3.34. The molecule has 0 heterocycles. The van der Waals surface area contributed by atoms with Gasteiger partial charge in [-0.1, -0.05) is 20.8 Å². The molecule has 0 aromatic carbocycles. The lowest BCUT2D eigenvalue weighted by molar-refractivity contribution is -0.127. The van der Waals surface area contributed by atoms with E-state index in [1.165, 1.54) is 0 Å². The molecule has 0 aromatic rings. The molecule has 4 nitrogen and oxygen atoms in total. The quantitative estimate of drug-likeness (QED) is 0.545. The molecule has 0 radical (unpaired) electrons. The molecule has 1 unspecified atom stereocenters.